The van der Waals surface area contributed by atoms with Gasteiger partial charge in [-0.2, -0.15) is 0 Å². The lowest BCUT2D eigenvalue weighted by atomic mass is 9.78. The summed E-state index contributed by atoms with van der Waals surface area (Å²) >= 11 is 0. The third-order valence-electron chi connectivity index (χ3n) is 3.45. The average molecular weight is 280 g/mol. The molecule has 1 rings (SSSR count). The van der Waals surface area contributed by atoms with Crippen LogP contribution in [-0.4, -0.2) is 19.3 Å². The van der Waals surface area contributed by atoms with E-state index in [4.69, 9.17) is 9.47 Å². The van der Waals surface area contributed by atoms with E-state index >= 15 is 0 Å². The molecule has 0 radical (unpaired) electrons. The number of hydrogen-bond acceptors (Lipinski definition) is 3. The SMILES string of the molecule is COC(OC)c1cc(C(C)(C)C)c(O)c(C(C)(C)C)c1. The number of hydrogen-bond donors (Lipinski definition) is 1. The molecule has 1 aromatic rings. The monoisotopic (exact) mass is 280 g/mol. The van der Waals surface area contributed by atoms with Crippen LogP contribution >= 0.6 is 0 Å². The summed E-state index contributed by atoms with van der Waals surface area (Å²) in [4.78, 5) is 0. The van der Waals surface area contributed by atoms with E-state index in [-0.39, 0.29) is 10.8 Å². The molecular formula is C17H28O3. The Balaban J connectivity index is 3.58. The van der Waals surface area contributed by atoms with E-state index in [0.29, 0.717) is 5.75 Å². The molecule has 0 atom stereocenters. The van der Waals surface area contributed by atoms with Gasteiger partial charge in [0.15, 0.2) is 6.29 Å². The largest absolute Gasteiger partial charge is 0.507 e. The Morgan fingerprint density at radius 3 is 1.45 bits per heavy atom. The highest BCUT2D eigenvalue weighted by molar-refractivity contribution is 5.50. The normalized spacial score (nSPS) is 13.1. The second-order valence-corrected chi connectivity index (χ2v) is 7.27. The van der Waals surface area contributed by atoms with Gasteiger partial charge in [0.2, 0.25) is 0 Å². The predicted octanol–water partition coefficient (Wildman–Crippen LogP) is 4.28. The van der Waals surface area contributed by atoms with Crippen molar-refractivity contribution >= 4 is 0 Å². The van der Waals surface area contributed by atoms with E-state index in [2.05, 4.69) is 41.5 Å². The van der Waals surface area contributed by atoms with Crippen molar-refractivity contribution in [1.82, 2.24) is 0 Å². The number of ether oxygens (including phenoxy) is 2. The number of aromatic hydroxyl groups is 1. The molecule has 0 amide bonds. The fraction of sp³-hybridized carbons (Fsp3) is 0.647. The van der Waals surface area contributed by atoms with Crippen LogP contribution in [0.2, 0.25) is 0 Å². The van der Waals surface area contributed by atoms with Crippen molar-refractivity contribution in [2.45, 2.75) is 58.7 Å². The van der Waals surface area contributed by atoms with Crippen LogP contribution < -0.4 is 0 Å². The van der Waals surface area contributed by atoms with Crippen LogP contribution in [0.4, 0.5) is 0 Å². The van der Waals surface area contributed by atoms with Crippen LogP contribution in [0.3, 0.4) is 0 Å². The molecule has 3 nitrogen and oxygen atoms in total. The summed E-state index contributed by atoms with van der Waals surface area (Å²) < 4.78 is 10.7. The van der Waals surface area contributed by atoms with Crippen LogP contribution in [0.1, 0.15) is 64.5 Å². The molecule has 0 unspecified atom stereocenters. The molecule has 0 saturated carbocycles. The van der Waals surface area contributed by atoms with Crippen molar-refractivity contribution in [1.29, 1.82) is 0 Å². The van der Waals surface area contributed by atoms with Gasteiger partial charge in [-0.15, -0.1) is 0 Å². The van der Waals surface area contributed by atoms with Gasteiger partial charge in [-0.25, -0.2) is 0 Å². The summed E-state index contributed by atoms with van der Waals surface area (Å²) in [7, 11) is 3.24. The van der Waals surface area contributed by atoms with Crippen LogP contribution in [0.25, 0.3) is 0 Å². The summed E-state index contributed by atoms with van der Waals surface area (Å²) in [6.07, 6.45) is -0.419. The quantitative estimate of drug-likeness (QED) is 0.840. The maximum Gasteiger partial charge on any atom is 0.183 e. The molecule has 0 saturated heterocycles. The second kappa shape index (κ2) is 5.74. The van der Waals surface area contributed by atoms with Gasteiger partial charge >= 0.3 is 0 Å². The van der Waals surface area contributed by atoms with Gasteiger partial charge in [-0.05, 0) is 34.1 Å². The highest BCUT2D eigenvalue weighted by Gasteiger charge is 2.28. The summed E-state index contributed by atoms with van der Waals surface area (Å²) in [6.45, 7) is 12.5. The van der Waals surface area contributed by atoms with E-state index in [1.165, 1.54) is 0 Å². The van der Waals surface area contributed by atoms with Crippen molar-refractivity contribution in [2.75, 3.05) is 14.2 Å². The maximum absolute atomic E-state index is 10.6. The number of benzene rings is 1. The van der Waals surface area contributed by atoms with Gasteiger partial charge in [0.25, 0.3) is 0 Å². The van der Waals surface area contributed by atoms with Crippen molar-refractivity contribution in [3.05, 3.63) is 28.8 Å². The zero-order chi connectivity index (χ0) is 15.7. The van der Waals surface area contributed by atoms with E-state index in [0.717, 1.165) is 16.7 Å². The molecule has 1 aromatic carbocycles. The second-order valence-electron chi connectivity index (χ2n) is 7.27. The van der Waals surface area contributed by atoms with E-state index in [1.807, 2.05) is 12.1 Å². The van der Waals surface area contributed by atoms with Gasteiger partial charge in [-0.3, -0.25) is 0 Å². The smallest absolute Gasteiger partial charge is 0.183 e. The summed E-state index contributed by atoms with van der Waals surface area (Å²) in [5.74, 6) is 0.375. The minimum Gasteiger partial charge on any atom is -0.507 e. The highest BCUT2D eigenvalue weighted by Crippen LogP contribution is 2.41. The lowest BCUT2D eigenvalue weighted by Crippen LogP contribution is -2.19. The Morgan fingerprint density at radius 2 is 1.20 bits per heavy atom. The predicted molar refractivity (Wildman–Crippen MR) is 82.3 cm³/mol. The molecule has 0 fully saturated rings. The standard InChI is InChI=1S/C17H28O3/c1-16(2,3)12-9-11(15(19-7)20-8)10-13(14(12)18)17(4,5)6/h9-10,15,18H,1-8H3. The fourth-order valence-electron chi connectivity index (χ4n) is 2.30. The molecule has 3 heteroatoms. The Labute approximate surface area is 122 Å². The first-order valence-corrected chi connectivity index (χ1v) is 6.95. The molecule has 114 valence electrons. The third kappa shape index (κ3) is 3.53. The molecule has 0 spiro atoms. The lowest BCUT2D eigenvalue weighted by molar-refractivity contribution is -0.106. The molecule has 0 heterocycles. The van der Waals surface area contributed by atoms with Crippen LogP contribution in [0, 0.1) is 0 Å². The summed E-state index contributed by atoms with van der Waals surface area (Å²) in [6, 6.07) is 3.95. The Bertz CT molecular complexity index is 425. The molecule has 0 aromatic heterocycles. The number of rotatable bonds is 3. The average Bonchev–Trinajstić information content (AvgIpc) is 2.29. The van der Waals surface area contributed by atoms with Crippen molar-refractivity contribution in [3.63, 3.8) is 0 Å². The summed E-state index contributed by atoms with van der Waals surface area (Å²) in [5, 5.41) is 10.6. The van der Waals surface area contributed by atoms with Crippen LogP contribution in [0.5, 0.6) is 5.75 Å². The third-order valence-corrected chi connectivity index (χ3v) is 3.45. The number of phenols is 1. The fourth-order valence-corrected chi connectivity index (χ4v) is 2.30. The van der Waals surface area contributed by atoms with E-state index in [1.54, 1.807) is 14.2 Å². The zero-order valence-electron chi connectivity index (χ0n) is 14.0. The zero-order valence-corrected chi connectivity index (χ0v) is 14.0. The molecule has 20 heavy (non-hydrogen) atoms. The van der Waals surface area contributed by atoms with Gasteiger partial charge in [-0.1, -0.05) is 41.5 Å². The summed E-state index contributed by atoms with van der Waals surface area (Å²) in [5.41, 5.74) is 2.47. The van der Waals surface area contributed by atoms with Crippen LogP contribution in [-0.2, 0) is 20.3 Å². The van der Waals surface area contributed by atoms with Crippen LogP contribution in [0.15, 0.2) is 12.1 Å². The van der Waals surface area contributed by atoms with Gasteiger partial charge in [0, 0.05) is 19.8 Å². The minimum absolute atomic E-state index is 0.147. The Kier molecular flexibility index (Phi) is 4.88. The number of phenolic OH excluding ortho intramolecular Hbond substituents is 1. The van der Waals surface area contributed by atoms with Crippen molar-refractivity contribution in [2.24, 2.45) is 0 Å². The topological polar surface area (TPSA) is 38.7 Å². The number of methoxy groups -OCH3 is 2. The molecule has 1 N–H and O–H groups in total. The maximum atomic E-state index is 10.6. The van der Waals surface area contributed by atoms with Crippen molar-refractivity contribution in [3.8, 4) is 5.75 Å². The molecule has 0 bridgehead atoms. The van der Waals surface area contributed by atoms with Gasteiger partial charge < -0.3 is 14.6 Å². The molecule has 0 aliphatic heterocycles. The molecular weight excluding hydrogens is 252 g/mol. The molecule has 0 aliphatic carbocycles. The highest BCUT2D eigenvalue weighted by atomic mass is 16.7. The van der Waals surface area contributed by atoms with E-state index < -0.39 is 6.29 Å². The first-order chi connectivity index (χ1) is 9.02. The minimum atomic E-state index is -0.419. The van der Waals surface area contributed by atoms with E-state index in [9.17, 15) is 5.11 Å². The Hall–Kier alpha value is -1.06. The van der Waals surface area contributed by atoms with Gasteiger partial charge in [0.05, 0.1) is 0 Å². The first-order valence-electron chi connectivity index (χ1n) is 6.95. The lowest BCUT2D eigenvalue weighted by Gasteiger charge is -2.29. The Morgan fingerprint density at radius 1 is 0.850 bits per heavy atom. The van der Waals surface area contributed by atoms with Gasteiger partial charge in [0.1, 0.15) is 5.75 Å². The van der Waals surface area contributed by atoms with Crippen molar-refractivity contribution < 1.29 is 14.6 Å². The molecule has 0 aliphatic rings. The first kappa shape index (κ1) is 17.0.